The fourth-order valence-corrected chi connectivity index (χ4v) is 5.30. The van der Waals surface area contributed by atoms with Crippen LogP contribution >= 0.6 is 11.3 Å². The summed E-state index contributed by atoms with van der Waals surface area (Å²) in [6.07, 6.45) is 0. The Balaban J connectivity index is 1.39. The second-order valence-electron chi connectivity index (χ2n) is 7.68. The first-order valence-electron chi connectivity index (χ1n) is 10.5. The topological polar surface area (TPSA) is 114 Å². The number of sulfonamides is 1. The molecule has 1 aliphatic rings. The highest BCUT2D eigenvalue weighted by Gasteiger charge is 2.22. The lowest BCUT2D eigenvalue weighted by Crippen LogP contribution is -2.36. The Kier molecular flexibility index (Phi) is 7.46. The zero-order valence-corrected chi connectivity index (χ0v) is 19.8. The van der Waals surface area contributed by atoms with Gasteiger partial charge < -0.3 is 4.74 Å². The number of nitrogens with zero attached hydrogens (tertiary/aromatic N) is 3. The van der Waals surface area contributed by atoms with E-state index < -0.39 is 10.0 Å². The summed E-state index contributed by atoms with van der Waals surface area (Å²) in [4.78, 5) is 14.6. The van der Waals surface area contributed by atoms with Crippen molar-refractivity contribution in [1.29, 1.82) is 0 Å². The van der Waals surface area contributed by atoms with Crippen molar-refractivity contribution >= 4 is 32.4 Å². The van der Waals surface area contributed by atoms with E-state index in [1.165, 1.54) is 0 Å². The average Bonchev–Trinajstić information content (AvgIpc) is 3.29. The van der Waals surface area contributed by atoms with Crippen molar-refractivity contribution in [3.05, 3.63) is 70.8 Å². The molecule has 9 nitrogen and oxygen atoms in total. The molecule has 1 aliphatic heterocycles. The number of amides is 1. The third-order valence-electron chi connectivity index (χ3n) is 5.24. The zero-order chi connectivity index (χ0) is 23.3. The number of anilines is 1. The fraction of sp³-hybridized carbons (Fsp3) is 0.318. The first-order valence-corrected chi connectivity index (χ1v) is 12.8. The highest BCUT2D eigenvalue weighted by atomic mass is 32.2. The maximum Gasteiger partial charge on any atom is 0.270 e. The van der Waals surface area contributed by atoms with Crippen LogP contribution in [-0.4, -0.2) is 55.7 Å². The van der Waals surface area contributed by atoms with Gasteiger partial charge in [0.2, 0.25) is 9.47 Å². The molecule has 1 amide bonds. The third-order valence-corrected chi connectivity index (χ3v) is 7.85. The Hall–Kier alpha value is -2.70. The molecule has 2 aromatic carbocycles. The fourth-order valence-electron chi connectivity index (χ4n) is 3.36. The molecule has 1 aromatic heterocycles. The lowest BCUT2D eigenvalue weighted by molar-refractivity contribution is 0.0341. The van der Waals surface area contributed by atoms with Crippen molar-refractivity contribution in [1.82, 2.24) is 19.8 Å². The first-order chi connectivity index (χ1) is 15.9. The number of benzene rings is 2. The Bertz CT molecular complexity index is 1210. The summed E-state index contributed by atoms with van der Waals surface area (Å²) < 4.78 is 33.3. The van der Waals surface area contributed by atoms with Gasteiger partial charge >= 0.3 is 0 Å². The Labute approximate surface area is 196 Å². The van der Waals surface area contributed by atoms with Gasteiger partial charge in [-0.15, -0.1) is 10.2 Å². The lowest BCUT2D eigenvalue weighted by atomic mass is 10.1. The number of nitrogens with one attached hydrogen (secondary N) is 2. The van der Waals surface area contributed by atoms with Gasteiger partial charge in [-0.2, -0.15) is 0 Å². The van der Waals surface area contributed by atoms with Gasteiger partial charge in [-0.25, -0.2) is 13.1 Å². The second-order valence-corrected chi connectivity index (χ2v) is 10.6. The number of aryl methyl sites for hydroxylation is 1. The van der Waals surface area contributed by atoms with E-state index in [2.05, 4.69) is 25.1 Å². The van der Waals surface area contributed by atoms with Crippen molar-refractivity contribution in [3.8, 4) is 0 Å². The van der Waals surface area contributed by atoms with Crippen LogP contribution in [0.2, 0.25) is 0 Å². The average molecular weight is 488 g/mol. The van der Waals surface area contributed by atoms with Crippen LogP contribution < -0.4 is 10.0 Å². The number of ether oxygens (including phenoxy) is 1. The molecule has 1 fully saturated rings. The van der Waals surface area contributed by atoms with Crippen LogP contribution in [0.5, 0.6) is 0 Å². The Morgan fingerprint density at radius 3 is 2.48 bits per heavy atom. The molecule has 33 heavy (non-hydrogen) atoms. The molecule has 11 heteroatoms. The van der Waals surface area contributed by atoms with Crippen LogP contribution in [0.1, 0.15) is 27.0 Å². The van der Waals surface area contributed by atoms with E-state index in [-0.39, 0.29) is 21.9 Å². The maximum atomic E-state index is 12.8. The number of carbonyl (C=O) groups excluding carboxylic acids is 1. The molecular formula is C22H25N5O4S2. The number of aromatic nitrogens is 2. The number of hydrogen-bond donors (Lipinski definition) is 2. The van der Waals surface area contributed by atoms with E-state index in [9.17, 15) is 13.2 Å². The predicted octanol–water partition coefficient (Wildman–Crippen LogP) is 2.41. The van der Waals surface area contributed by atoms with E-state index in [1.54, 1.807) is 12.1 Å². The minimum atomic E-state index is -3.88. The highest BCUT2D eigenvalue weighted by Crippen LogP contribution is 2.21. The van der Waals surface area contributed by atoms with E-state index >= 15 is 0 Å². The smallest absolute Gasteiger partial charge is 0.270 e. The van der Waals surface area contributed by atoms with Crippen molar-refractivity contribution < 1.29 is 17.9 Å². The number of carbonyl (C=O) groups is 1. The summed E-state index contributed by atoms with van der Waals surface area (Å²) in [7, 11) is -3.88. The van der Waals surface area contributed by atoms with Crippen molar-refractivity contribution in [2.75, 3.05) is 31.6 Å². The van der Waals surface area contributed by atoms with Crippen LogP contribution in [0.15, 0.2) is 52.9 Å². The monoisotopic (exact) mass is 487 g/mol. The molecule has 4 rings (SSSR count). The molecule has 0 unspecified atom stereocenters. The van der Waals surface area contributed by atoms with Gasteiger partial charge in [0, 0.05) is 31.7 Å². The minimum absolute atomic E-state index is 0.119. The zero-order valence-electron chi connectivity index (χ0n) is 18.2. The Morgan fingerprint density at radius 1 is 1.06 bits per heavy atom. The highest BCUT2D eigenvalue weighted by molar-refractivity contribution is 7.91. The summed E-state index contributed by atoms with van der Waals surface area (Å²) in [5.41, 5.74) is 3.44. The molecule has 0 saturated carbocycles. The predicted molar refractivity (Wildman–Crippen MR) is 126 cm³/mol. The second kappa shape index (κ2) is 10.5. The number of rotatable bonds is 8. The van der Waals surface area contributed by atoms with Gasteiger partial charge in [0.1, 0.15) is 0 Å². The van der Waals surface area contributed by atoms with Crippen LogP contribution in [0.25, 0.3) is 0 Å². The molecule has 2 N–H and O–H groups in total. The van der Waals surface area contributed by atoms with Gasteiger partial charge in [-0.1, -0.05) is 53.3 Å². The summed E-state index contributed by atoms with van der Waals surface area (Å²) in [6.45, 7) is 5.90. The van der Waals surface area contributed by atoms with Gasteiger partial charge in [0.05, 0.1) is 13.2 Å². The molecule has 0 aliphatic carbocycles. The standard InChI is InChI=1S/C22H25N5O4S2/c1-16-6-8-17(9-7-16)20(28)24-21-25-26-22(32-21)33(29,30)23-14-18-4-2-3-5-19(18)15-27-10-12-31-13-11-27/h2-9,23H,10-15H2,1H3,(H,24,25,28). The molecule has 0 atom stereocenters. The molecule has 0 spiro atoms. The van der Waals surface area contributed by atoms with Gasteiger partial charge in [-0.3, -0.25) is 15.0 Å². The van der Waals surface area contributed by atoms with Gasteiger partial charge in [0.15, 0.2) is 0 Å². The van der Waals surface area contributed by atoms with Crippen LogP contribution in [-0.2, 0) is 27.8 Å². The van der Waals surface area contributed by atoms with E-state index in [0.29, 0.717) is 18.8 Å². The molecule has 3 aromatic rings. The van der Waals surface area contributed by atoms with Crippen molar-refractivity contribution in [3.63, 3.8) is 0 Å². The largest absolute Gasteiger partial charge is 0.379 e. The van der Waals surface area contributed by atoms with Gasteiger partial charge in [-0.05, 0) is 30.2 Å². The molecule has 174 valence electrons. The quantitative estimate of drug-likeness (QED) is 0.469. The van der Waals surface area contributed by atoms with Crippen LogP contribution in [0.3, 0.4) is 0 Å². The SMILES string of the molecule is Cc1ccc(C(=O)Nc2nnc(S(=O)(=O)NCc3ccccc3CN3CCOCC3)s2)cc1. The molecule has 2 heterocycles. The first kappa shape index (κ1) is 23.5. The molecule has 0 bridgehead atoms. The minimum Gasteiger partial charge on any atom is -0.379 e. The third kappa shape index (κ3) is 6.21. The molecule has 0 radical (unpaired) electrons. The van der Waals surface area contributed by atoms with Crippen molar-refractivity contribution in [2.45, 2.75) is 24.4 Å². The molecular weight excluding hydrogens is 462 g/mol. The number of hydrogen-bond acceptors (Lipinski definition) is 8. The maximum absolute atomic E-state index is 12.8. The van der Waals surface area contributed by atoms with E-state index in [0.717, 1.165) is 47.7 Å². The number of morpholine rings is 1. The summed E-state index contributed by atoms with van der Waals surface area (Å²) in [5, 5.41) is 10.3. The lowest BCUT2D eigenvalue weighted by Gasteiger charge is -2.27. The summed E-state index contributed by atoms with van der Waals surface area (Å²) in [5.74, 6) is -0.375. The van der Waals surface area contributed by atoms with Crippen molar-refractivity contribution in [2.24, 2.45) is 0 Å². The summed E-state index contributed by atoms with van der Waals surface area (Å²) >= 11 is 0.807. The molecule has 1 saturated heterocycles. The normalized spacial score (nSPS) is 14.8. The Morgan fingerprint density at radius 2 is 1.76 bits per heavy atom. The van der Waals surface area contributed by atoms with Gasteiger partial charge in [0.25, 0.3) is 15.9 Å². The van der Waals surface area contributed by atoms with E-state index in [4.69, 9.17) is 4.74 Å². The van der Waals surface area contributed by atoms with E-state index in [1.807, 2.05) is 43.3 Å². The van der Waals surface area contributed by atoms with Crippen LogP contribution in [0, 0.1) is 6.92 Å². The summed E-state index contributed by atoms with van der Waals surface area (Å²) in [6, 6.07) is 14.8. The van der Waals surface area contributed by atoms with Crippen LogP contribution in [0.4, 0.5) is 5.13 Å².